The van der Waals surface area contributed by atoms with Crippen LogP contribution in [0.5, 0.6) is 0 Å². The largest absolute Gasteiger partial charge is 0.422 e. The Balaban J connectivity index is 1.54. The molecule has 0 unspecified atom stereocenters. The van der Waals surface area contributed by atoms with Crippen molar-refractivity contribution >= 4 is 16.9 Å². The van der Waals surface area contributed by atoms with Crippen molar-refractivity contribution in [2.75, 3.05) is 5.32 Å². The molecule has 0 spiro atoms. The number of fused-ring (bicyclic) bond motifs is 1. The molecule has 28 heavy (non-hydrogen) atoms. The molecule has 6 nitrogen and oxygen atoms in total. The molecule has 0 saturated carbocycles. The van der Waals surface area contributed by atoms with Gasteiger partial charge in [-0.1, -0.05) is 36.4 Å². The summed E-state index contributed by atoms with van der Waals surface area (Å²) in [6, 6.07) is 17.9. The molecule has 0 aliphatic heterocycles. The first kappa shape index (κ1) is 17.7. The molecule has 0 amide bonds. The van der Waals surface area contributed by atoms with E-state index in [1.54, 1.807) is 24.3 Å². The van der Waals surface area contributed by atoms with Crippen LogP contribution < -0.4 is 11.0 Å². The normalized spacial score (nSPS) is 10.9. The highest BCUT2D eigenvalue weighted by molar-refractivity contribution is 5.86. The molecule has 2 heterocycles. The summed E-state index contributed by atoms with van der Waals surface area (Å²) in [5.74, 6) is 0.114. The van der Waals surface area contributed by atoms with E-state index in [0.29, 0.717) is 28.9 Å². The predicted molar refractivity (Wildman–Crippen MR) is 104 cm³/mol. The number of pyridine rings is 1. The van der Waals surface area contributed by atoms with Gasteiger partial charge in [0.1, 0.15) is 11.6 Å². The summed E-state index contributed by atoms with van der Waals surface area (Å²) in [6.07, 6.45) is 2.19. The van der Waals surface area contributed by atoms with Gasteiger partial charge in [0.05, 0.1) is 5.39 Å². The van der Waals surface area contributed by atoms with Crippen molar-refractivity contribution in [1.29, 1.82) is 0 Å². The zero-order chi connectivity index (χ0) is 19.5. The minimum atomic E-state index is -0.793. The maximum atomic E-state index is 13.1. The van der Waals surface area contributed by atoms with E-state index < -0.39 is 5.69 Å². The molecule has 0 atom stereocenters. The van der Waals surface area contributed by atoms with E-state index in [0.717, 1.165) is 16.7 Å². The maximum absolute atomic E-state index is 13.1. The van der Waals surface area contributed by atoms with Crippen molar-refractivity contribution in [2.45, 2.75) is 13.0 Å². The third kappa shape index (κ3) is 3.68. The third-order valence-corrected chi connectivity index (χ3v) is 4.40. The van der Waals surface area contributed by atoms with Gasteiger partial charge in [0.15, 0.2) is 5.65 Å². The number of aromatic nitrogens is 3. The molecule has 0 aliphatic carbocycles. The summed E-state index contributed by atoms with van der Waals surface area (Å²) < 4.78 is 13.5. The van der Waals surface area contributed by atoms with E-state index in [1.807, 2.05) is 24.3 Å². The third-order valence-electron chi connectivity index (χ3n) is 4.40. The molecule has 140 valence electrons. The Morgan fingerprint density at radius 3 is 2.61 bits per heavy atom. The number of halogens is 1. The molecule has 0 saturated heterocycles. The minimum Gasteiger partial charge on any atom is -0.422 e. The molecule has 4 aromatic rings. The Bertz CT molecular complexity index is 1190. The van der Waals surface area contributed by atoms with Gasteiger partial charge in [-0.05, 0) is 47.4 Å². The first-order valence-electron chi connectivity index (χ1n) is 8.73. The van der Waals surface area contributed by atoms with Crippen molar-refractivity contribution in [3.63, 3.8) is 0 Å². The van der Waals surface area contributed by atoms with E-state index in [2.05, 4.69) is 15.3 Å². The smallest absolute Gasteiger partial charge is 0.384 e. The topological polar surface area (TPSA) is 80.0 Å². The lowest BCUT2D eigenvalue weighted by Gasteiger charge is -2.10. The maximum Gasteiger partial charge on any atom is 0.384 e. The van der Waals surface area contributed by atoms with Crippen molar-refractivity contribution in [3.05, 3.63) is 99.9 Å². The first-order valence-corrected chi connectivity index (χ1v) is 8.73. The van der Waals surface area contributed by atoms with Gasteiger partial charge in [-0.2, -0.15) is 4.98 Å². The molecule has 4 rings (SSSR count). The highest BCUT2D eigenvalue weighted by Crippen LogP contribution is 2.18. The van der Waals surface area contributed by atoms with Crippen LogP contribution in [0.25, 0.3) is 11.0 Å². The van der Waals surface area contributed by atoms with Crippen molar-refractivity contribution < 1.29 is 9.60 Å². The van der Waals surface area contributed by atoms with Gasteiger partial charge in [-0.3, -0.25) is 0 Å². The second-order valence-corrected chi connectivity index (χ2v) is 6.41. The average Bonchev–Trinajstić information content (AvgIpc) is 2.72. The van der Waals surface area contributed by atoms with Crippen molar-refractivity contribution in [3.8, 4) is 0 Å². The zero-order valence-electron chi connectivity index (χ0n) is 14.8. The molecule has 0 bridgehead atoms. The van der Waals surface area contributed by atoms with E-state index in [-0.39, 0.29) is 11.5 Å². The number of rotatable bonds is 5. The lowest BCUT2D eigenvalue weighted by molar-refractivity contribution is 0.182. The van der Waals surface area contributed by atoms with E-state index >= 15 is 0 Å². The second-order valence-electron chi connectivity index (χ2n) is 6.41. The quantitative estimate of drug-likeness (QED) is 0.522. The van der Waals surface area contributed by atoms with Crippen LogP contribution >= 0.6 is 0 Å². The lowest BCUT2D eigenvalue weighted by atomic mass is 10.0. The molecular formula is C21H17FN4O2. The molecule has 0 aliphatic rings. The fourth-order valence-electron chi connectivity index (χ4n) is 3.05. The molecule has 7 heteroatoms. The number of benzene rings is 2. The van der Waals surface area contributed by atoms with Crippen LogP contribution in [0.4, 0.5) is 10.2 Å². The summed E-state index contributed by atoms with van der Waals surface area (Å²) in [4.78, 5) is 19.8. The SMILES string of the molecule is O=c1nc(NCc2cccc(Cc3ccc(F)cc3)c2)c2cccnc2n1O. The van der Waals surface area contributed by atoms with E-state index in [1.165, 1.54) is 18.3 Å². The number of nitrogens with zero attached hydrogens (tertiary/aromatic N) is 3. The summed E-state index contributed by atoms with van der Waals surface area (Å²) in [6.45, 7) is 0.448. The summed E-state index contributed by atoms with van der Waals surface area (Å²) in [5, 5.41) is 13.5. The molecular weight excluding hydrogens is 359 g/mol. The molecule has 2 aromatic carbocycles. The second kappa shape index (κ2) is 7.48. The number of nitrogens with one attached hydrogen (secondary N) is 1. The van der Waals surface area contributed by atoms with Gasteiger partial charge in [0.25, 0.3) is 0 Å². The van der Waals surface area contributed by atoms with E-state index in [9.17, 15) is 14.4 Å². The number of hydrogen-bond donors (Lipinski definition) is 2. The average molecular weight is 376 g/mol. The number of anilines is 1. The first-order chi connectivity index (χ1) is 13.6. The fourth-order valence-corrected chi connectivity index (χ4v) is 3.05. The molecule has 0 fully saturated rings. The minimum absolute atomic E-state index is 0.148. The van der Waals surface area contributed by atoms with Crippen LogP contribution in [0.2, 0.25) is 0 Å². The Hall–Kier alpha value is -3.74. The molecule has 2 N–H and O–H groups in total. The van der Waals surface area contributed by atoms with Gasteiger partial charge in [-0.25, -0.2) is 14.2 Å². The lowest BCUT2D eigenvalue weighted by Crippen LogP contribution is -2.23. The van der Waals surface area contributed by atoms with E-state index in [4.69, 9.17) is 0 Å². The van der Waals surface area contributed by atoms with Crippen LogP contribution in [0.1, 0.15) is 16.7 Å². The summed E-state index contributed by atoms with van der Waals surface area (Å²) >= 11 is 0. The highest BCUT2D eigenvalue weighted by atomic mass is 19.1. The van der Waals surface area contributed by atoms with Gasteiger partial charge < -0.3 is 10.5 Å². The number of hydrogen-bond acceptors (Lipinski definition) is 5. The molecule has 0 radical (unpaired) electrons. The molecule has 2 aromatic heterocycles. The van der Waals surface area contributed by atoms with Crippen molar-refractivity contribution in [2.24, 2.45) is 0 Å². The van der Waals surface area contributed by atoms with Gasteiger partial charge in [0.2, 0.25) is 0 Å². The fraction of sp³-hybridized carbons (Fsp3) is 0.0952. The van der Waals surface area contributed by atoms with Gasteiger partial charge >= 0.3 is 5.69 Å². The highest BCUT2D eigenvalue weighted by Gasteiger charge is 2.10. The van der Waals surface area contributed by atoms with Gasteiger partial charge in [0, 0.05) is 12.7 Å². The van der Waals surface area contributed by atoms with Crippen molar-refractivity contribution in [1.82, 2.24) is 14.7 Å². The van der Waals surface area contributed by atoms with Crippen LogP contribution in [-0.2, 0) is 13.0 Å². The Kier molecular flexibility index (Phi) is 4.72. The predicted octanol–water partition coefficient (Wildman–Crippen LogP) is 3.37. The van der Waals surface area contributed by atoms with Crippen LogP contribution in [0, 0.1) is 5.82 Å². The Labute approximate surface area is 159 Å². The van der Waals surface area contributed by atoms with Crippen LogP contribution in [0.15, 0.2) is 71.7 Å². The zero-order valence-corrected chi connectivity index (χ0v) is 14.8. The van der Waals surface area contributed by atoms with Crippen LogP contribution in [-0.4, -0.2) is 19.9 Å². The summed E-state index contributed by atoms with van der Waals surface area (Å²) in [7, 11) is 0. The standard InChI is InChI=1S/C21H17FN4O2/c22-17-8-6-14(7-9-17)11-15-3-1-4-16(12-15)13-24-19-18-5-2-10-23-20(18)26(28)21(27)25-19/h1-10,12,28H,11,13H2,(H,24,25,27). The van der Waals surface area contributed by atoms with Crippen LogP contribution in [0.3, 0.4) is 0 Å². The summed E-state index contributed by atoms with van der Waals surface area (Å²) in [5.41, 5.74) is 2.48. The monoisotopic (exact) mass is 376 g/mol. The van der Waals surface area contributed by atoms with Gasteiger partial charge in [-0.15, -0.1) is 4.73 Å². The Morgan fingerprint density at radius 2 is 1.79 bits per heavy atom. The Morgan fingerprint density at radius 1 is 1.00 bits per heavy atom.